The van der Waals surface area contributed by atoms with Gasteiger partial charge in [-0.3, -0.25) is 9.88 Å². The number of ether oxygens (including phenoxy) is 1. The molecule has 41 heavy (non-hydrogen) atoms. The van der Waals surface area contributed by atoms with Crippen LogP contribution in [-0.4, -0.2) is 63.8 Å². The van der Waals surface area contributed by atoms with E-state index in [0.29, 0.717) is 29.4 Å². The van der Waals surface area contributed by atoms with Gasteiger partial charge in [-0.1, -0.05) is 24.3 Å². The molecule has 2 aliphatic heterocycles. The molecule has 4 aliphatic rings. The summed E-state index contributed by atoms with van der Waals surface area (Å²) in [6.07, 6.45) is 10.4. The van der Waals surface area contributed by atoms with Gasteiger partial charge >= 0.3 is 6.01 Å². The molecule has 2 aliphatic carbocycles. The predicted molar refractivity (Wildman–Crippen MR) is 158 cm³/mol. The second-order valence-corrected chi connectivity index (χ2v) is 12.7. The number of fused-ring (bicyclic) bond motifs is 6. The number of hydrogen-bond acceptors (Lipinski definition) is 7. The van der Waals surface area contributed by atoms with Crippen LogP contribution in [0.5, 0.6) is 11.8 Å². The maximum atomic E-state index is 16.5. The lowest BCUT2D eigenvalue weighted by atomic mass is 9.98. The molecule has 2 aromatic carbocycles. The summed E-state index contributed by atoms with van der Waals surface area (Å²) in [4.78, 5) is 19.0. The van der Waals surface area contributed by atoms with Crippen LogP contribution in [0.3, 0.4) is 0 Å². The highest BCUT2D eigenvalue weighted by atomic mass is 19.1. The Morgan fingerprint density at radius 2 is 1.73 bits per heavy atom. The van der Waals surface area contributed by atoms with E-state index in [1.54, 1.807) is 18.3 Å². The largest absolute Gasteiger partial charge is 0.508 e. The fourth-order valence-corrected chi connectivity index (χ4v) is 8.12. The highest BCUT2D eigenvalue weighted by molar-refractivity contribution is 5.99. The van der Waals surface area contributed by atoms with Gasteiger partial charge in [0.2, 0.25) is 0 Å². The van der Waals surface area contributed by atoms with E-state index in [1.807, 2.05) is 24.3 Å². The molecule has 2 saturated carbocycles. The molecule has 0 spiro atoms. The molecule has 4 heterocycles. The van der Waals surface area contributed by atoms with Gasteiger partial charge in [-0.15, -0.1) is 0 Å². The summed E-state index contributed by atoms with van der Waals surface area (Å²) in [5, 5.41) is 12.7. The number of phenols is 1. The van der Waals surface area contributed by atoms with E-state index in [0.717, 1.165) is 54.6 Å². The SMILES string of the molecule is Oc1cc(-c2ncc3c(N4CC5CCC(C5)C4)nc(OCCCN4C[C@H]5CCC4C5)nc3c2F)c2ccccc2c1. The number of hydrogen-bond donors (Lipinski definition) is 1. The molecule has 7 nitrogen and oxygen atoms in total. The van der Waals surface area contributed by atoms with Gasteiger partial charge in [0, 0.05) is 44.0 Å². The lowest BCUT2D eigenvalue weighted by molar-refractivity contribution is 0.189. The quantitative estimate of drug-likeness (QED) is 0.274. The number of likely N-dealkylation sites (tertiary alicyclic amines) is 1. The van der Waals surface area contributed by atoms with Crippen molar-refractivity contribution in [3.63, 3.8) is 0 Å². The number of anilines is 1. The van der Waals surface area contributed by atoms with Crippen LogP contribution in [0.4, 0.5) is 10.2 Å². The van der Waals surface area contributed by atoms with E-state index >= 15 is 4.39 Å². The molecule has 1 N–H and O–H groups in total. The van der Waals surface area contributed by atoms with Crippen LogP contribution in [0.1, 0.15) is 44.9 Å². The molecular weight excluding hydrogens is 517 g/mol. The van der Waals surface area contributed by atoms with Crippen molar-refractivity contribution in [1.82, 2.24) is 19.9 Å². The number of aromatic hydroxyl groups is 1. The first-order valence-corrected chi connectivity index (χ1v) is 15.3. The van der Waals surface area contributed by atoms with E-state index in [2.05, 4.69) is 19.8 Å². The van der Waals surface area contributed by atoms with Crippen molar-refractivity contribution in [2.45, 2.75) is 51.0 Å². The van der Waals surface area contributed by atoms with Crippen molar-refractivity contribution < 1.29 is 14.2 Å². The first kappa shape index (κ1) is 25.2. The number of aromatic nitrogens is 3. The van der Waals surface area contributed by atoms with Crippen LogP contribution in [-0.2, 0) is 0 Å². The van der Waals surface area contributed by atoms with Crippen LogP contribution in [0.25, 0.3) is 32.9 Å². The third-order valence-electron chi connectivity index (χ3n) is 10.00. The van der Waals surface area contributed by atoms with Gasteiger partial charge < -0.3 is 14.7 Å². The average molecular weight is 554 g/mol. The minimum absolute atomic E-state index is 0.0717. The Kier molecular flexibility index (Phi) is 6.20. The Morgan fingerprint density at radius 1 is 0.927 bits per heavy atom. The molecule has 4 fully saturated rings. The van der Waals surface area contributed by atoms with Crippen LogP contribution < -0.4 is 9.64 Å². The van der Waals surface area contributed by atoms with Crippen molar-refractivity contribution in [3.8, 4) is 23.0 Å². The van der Waals surface area contributed by atoms with Crippen molar-refractivity contribution in [3.05, 3.63) is 48.4 Å². The molecule has 4 atom stereocenters. The van der Waals surface area contributed by atoms with Crippen molar-refractivity contribution in [2.75, 3.05) is 37.7 Å². The Bertz CT molecular complexity index is 1620. The molecule has 8 heteroatoms. The Balaban J connectivity index is 1.15. The normalized spacial score (nSPS) is 25.5. The third-order valence-corrected chi connectivity index (χ3v) is 10.00. The molecule has 0 radical (unpaired) electrons. The maximum absolute atomic E-state index is 16.5. The minimum atomic E-state index is -0.514. The second-order valence-electron chi connectivity index (χ2n) is 12.7. The molecule has 212 valence electrons. The van der Waals surface area contributed by atoms with Crippen LogP contribution in [0, 0.1) is 23.6 Å². The van der Waals surface area contributed by atoms with Gasteiger partial charge in [0.05, 0.1) is 12.0 Å². The average Bonchev–Trinajstić information content (AvgIpc) is 3.70. The highest BCUT2D eigenvalue weighted by Crippen LogP contribution is 2.41. The zero-order chi connectivity index (χ0) is 27.5. The van der Waals surface area contributed by atoms with Gasteiger partial charge in [-0.05, 0) is 85.6 Å². The van der Waals surface area contributed by atoms with Crippen LogP contribution >= 0.6 is 0 Å². The molecule has 4 bridgehead atoms. The topological polar surface area (TPSA) is 74.6 Å². The number of benzene rings is 2. The van der Waals surface area contributed by atoms with Crippen LogP contribution in [0.2, 0.25) is 0 Å². The van der Waals surface area contributed by atoms with Gasteiger partial charge in [0.1, 0.15) is 22.8 Å². The monoisotopic (exact) mass is 553 g/mol. The number of phenolic OH excluding ortho intramolecular Hbond substituents is 1. The van der Waals surface area contributed by atoms with Gasteiger partial charge in [0.15, 0.2) is 5.82 Å². The Labute approximate surface area is 239 Å². The summed E-state index contributed by atoms with van der Waals surface area (Å²) >= 11 is 0. The Hall–Kier alpha value is -3.52. The highest BCUT2D eigenvalue weighted by Gasteiger charge is 2.37. The smallest absolute Gasteiger partial charge is 0.319 e. The maximum Gasteiger partial charge on any atom is 0.319 e. The number of rotatable bonds is 7. The number of halogens is 1. The summed E-state index contributed by atoms with van der Waals surface area (Å²) in [6, 6.07) is 11.9. The summed E-state index contributed by atoms with van der Waals surface area (Å²) in [5.74, 6) is 2.45. The molecule has 0 amide bonds. The molecule has 2 saturated heterocycles. The van der Waals surface area contributed by atoms with E-state index in [-0.39, 0.29) is 23.0 Å². The lowest BCUT2D eigenvalue weighted by Gasteiger charge is -2.33. The van der Waals surface area contributed by atoms with E-state index in [9.17, 15) is 5.11 Å². The number of piperidine rings is 2. The van der Waals surface area contributed by atoms with Crippen molar-refractivity contribution >= 4 is 27.5 Å². The summed E-state index contributed by atoms with van der Waals surface area (Å²) in [5.41, 5.74) is 0.929. The fraction of sp³-hybridized carbons (Fsp3) is 0.485. The molecule has 2 aromatic heterocycles. The standard InChI is InChI=1S/C33H36FN5O2/c34-29-30(27-15-25(40)14-23-4-1-2-5-26(23)27)35-16-28-31(29)36-33(37-32(28)39-18-20-6-7-21(12-20)19-39)41-11-3-10-38-17-22-8-9-24(38)13-22/h1-2,4-5,14-16,20-22,24,40H,3,6-13,17-19H2/t20?,21?,22-,24?/m0/s1. The third kappa shape index (κ3) is 4.56. The second kappa shape index (κ2) is 10.1. The van der Waals surface area contributed by atoms with Crippen molar-refractivity contribution in [2.24, 2.45) is 17.8 Å². The van der Waals surface area contributed by atoms with E-state index < -0.39 is 5.82 Å². The zero-order valence-electron chi connectivity index (χ0n) is 23.3. The van der Waals surface area contributed by atoms with Crippen molar-refractivity contribution in [1.29, 1.82) is 0 Å². The van der Waals surface area contributed by atoms with Gasteiger partial charge in [0.25, 0.3) is 0 Å². The number of pyridine rings is 1. The first-order chi connectivity index (χ1) is 20.1. The van der Waals surface area contributed by atoms with Crippen LogP contribution in [0.15, 0.2) is 42.6 Å². The lowest BCUT2D eigenvalue weighted by Crippen LogP contribution is -2.37. The first-order valence-electron chi connectivity index (χ1n) is 15.3. The van der Waals surface area contributed by atoms with E-state index in [4.69, 9.17) is 9.72 Å². The Morgan fingerprint density at radius 3 is 2.54 bits per heavy atom. The molecule has 4 aromatic rings. The minimum Gasteiger partial charge on any atom is -0.508 e. The zero-order valence-corrected chi connectivity index (χ0v) is 23.3. The van der Waals surface area contributed by atoms with Gasteiger partial charge in [-0.2, -0.15) is 9.97 Å². The molecule has 3 unspecified atom stereocenters. The summed E-state index contributed by atoms with van der Waals surface area (Å²) < 4.78 is 22.6. The number of nitrogens with zero attached hydrogens (tertiary/aromatic N) is 5. The molecular formula is C33H36FN5O2. The van der Waals surface area contributed by atoms with Gasteiger partial charge in [-0.25, -0.2) is 4.39 Å². The molecule has 8 rings (SSSR count). The summed E-state index contributed by atoms with van der Waals surface area (Å²) in [7, 11) is 0. The van der Waals surface area contributed by atoms with E-state index in [1.165, 1.54) is 45.1 Å². The predicted octanol–water partition coefficient (Wildman–Crippen LogP) is 6.18. The summed E-state index contributed by atoms with van der Waals surface area (Å²) in [6.45, 7) is 4.56. The fourth-order valence-electron chi connectivity index (χ4n) is 8.12.